The van der Waals surface area contributed by atoms with Crippen LogP contribution < -0.4 is 5.32 Å². The van der Waals surface area contributed by atoms with E-state index in [-0.39, 0.29) is 0 Å². The van der Waals surface area contributed by atoms with Crippen LogP contribution in [0.3, 0.4) is 0 Å². The Bertz CT molecular complexity index is 321. The summed E-state index contributed by atoms with van der Waals surface area (Å²) in [6.45, 7) is 9.17. The van der Waals surface area contributed by atoms with Crippen LogP contribution in [0.4, 0.5) is 0 Å². The smallest absolute Gasteiger partial charge is 0.0484 e. The molecule has 19 heavy (non-hydrogen) atoms. The molecule has 1 aromatic rings. The molecule has 1 rings (SSSR count). The van der Waals surface area contributed by atoms with Gasteiger partial charge in [0.1, 0.15) is 0 Å². The van der Waals surface area contributed by atoms with Crippen molar-refractivity contribution in [3.8, 4) is 0 Å². The van der Waals surface area contributed by atoms with Crippen LogP contribution in [0, 0.1) is 0 Å². The minimum absolute atomic E-state index is 0.419. The van der Waals surface area contributed by atoms with Gasteiger partial charge < -0.3 is 10.1 Å². The number of benzene rings is 1. The Morgan fingerprint density at radius 2 is 1.79 bits per heavy atom. The summed E-state index contributed by atoms with van der Waals surface area (Å²) < 4.78 is 5.49. The van der Waals surface area contributed by atoms with E-state index in [1.807, 2.05) is 6.92 Å². The van der Waals surface area contributed by atoms with Crippen LogP contribution in [0.25, 0.3) is 0 Å². The van der Waals surface area contributed by atoms with E-state index in [0.717, 1.165) is 26.2 Å². The summed E-state index contributed by atoms with van der Waals surface area (Å²) in [4.78, 5) is 0. The van der Waals surface area contributed by atoms with E-state index in [1.165, 1.54) is 30.4 Å². The topological polar surface area (TPSA) is 21.3 Å². The monoisotopic (exact) mass is 263 g/mol. The number of rotatable bonds is 10. The van der Waals surface area contributed by atoms with Crippen molar-refractivity contribution in [2.75, 3.05) is 19.8 Å². The third-order valence-corrected chi connectivity index (χ3v) is 3.32. The molecule has 1 aromatic carbocycles. The summed E-state index contributed by atoms with van der Waals surface area (Å²) in [6.07, 6.45) is 4.59. The van der Waals surface area contributed by atoms with Gasteiger partial charge in [-0.2, -0.15) is 0 Å². The Kier molecular flexibility index (Phi) is 8.52. The van der Waals surface area contributed by atoms with Crippen molar-refractivity contribution in [3.63, 3.8) is 0 Å². The molecule has 0 radical (unpaired) electrons. The van der Waals surface area contributed by atoms with Gasteiger partial charge in [0.15, 0.2) is 0 Å². The maximum atomic E-state index is 5.49. The zero-order valence-electron chi connectivity index (χ0n) is 12.7. The van der Waals surface area contributed by atoms with Crippen LogP contribution in [0.15, 0.2) is 24.3 Å². The molecule has 0 amide bonds. The Morgan fingerprint density at radius 3 is 2.37 bits per heavy atom. The number of ether oxygens (including phenoxy) is 1. The van der Waals surface area contributed by atoms with Crippen molar-refractivity contribution in [3.05, 3.63) is 35.4 Å². The van der Waals surface area contributed by atoms with Gasteiger partial charge in [0.2, 0.25) is 0 Å². The Labute approximate surface area is 118 Å². The van der Waals surface area contributed by atoms with E-state index in [1.54, 1.807) is 0 Å². The molecule has 0 fully saturated rings. The molecule has 0 heterocycles. The quantitative estimate of drug-likeness (QED) is 0.642. The zero-order valence-corrected chi connectivity index (χ0v) is 12.7. The van der Waals surface area contributed by atoms with E-state index < -0.39 is 0 Å². The minimum atomic E-state index is 0.419. The lowest BCUT2D eigenvalue weighted by molar-refractivity contribution is 0.136. The average molecular weight is 263 g/mol. The summed E-state index contributed by atoms with van der Waals surface area (Å²) in [5.74, 6) is 0. The highest BCUT2D eigenvalue weighted by atomic mass is 16.5. The van der Waals surface area contributed by atoms with Gasteiger partial charge in [-0.15, -0.1) is 0 Å². The molecule has 0 aliphatic rings. The minimum Gasteiger partial charge on any atom is -0.382 e. The number of hydrogen-bond acceptors (Lipinski definition) is 2. The lowest BCUT2D eigenvalue weighted by Gasteiger charge is -2.19. The molecule has 1 N–H and O–H groups in total. The molecule has 0 aliphatic carbocycles. The number of hydrogen-bond donors (Lipinski definition) is 1. The normalized spacial score (nSPS) is 12.6. The standard InChI is InChI=1S/C17H29NO/c1-4-7-15-8-10-16(11-9-15)17(18-13-5-2)12-14-19-6-3/h8-11,17-18H,4-7,12-14H2,1-3H3. The SMILES string of the molecule is CCCNC(CCOCC)c1ccc(CCC)cc1. The van der Waals surface area contributed by atoms with E-state index in [0.29, 0.717) is 6.04 Å². The summed E-state index contributed by atoms with van der Waals surface area (Å²) >= 11 is 0. The molecule has 1 unspecified atom stereocenters. The van der Waals surface area contributed by atoms with Gasteiger partial charge in [0, 0.05) is 19.3 Å². The second kappa shape index (κ2) is 9.99. The first-order valence-corrected chi connectivity index (χ1v) is 7.71. The van der Waals surface area contributed by atoms with Crippen molar-refractivity contribution >= 4 is 0 Å². The lowest BCUT2D eigenvalue weighted by Crippen LogP contribution is -2.23. The van der Waals surface area contributed by atoms with Gasteiger partial charge >= 0.3 is 0 Å². The largest absolute Gasteiger partial charge is 0.382 e. The Balaban J connectivity index is 2.60. The van der Waals surface area contributed by atoms with E-state index in [9.17, 15) is 0 Å². The fraction of sp³-hybridized carbons (Fsp3) is 0.647. The molecule has 2 nitrogen and oxygen atoms in total. The maximum Gasteiger partial charge on any atom is 0.0484 e. The summed E-state index contributed by atoms with van der Waals surface area (Å²) in [5.41, 5.74) is 2.82. The van der Waals surface area contributed by atoms with Crippen molar-refractivity contribution in [1.82, 2.24) is 5.32 Å². The van der Waals surface area contributed by atoms with E-state index in [4.69, 9.17) is 4.74 Å². The Morgan fingerprint density at radius 1 is 1.05 bits per heavy atom. The first kappa shape index (κ1) is 16.2. The molecule has 0 bridgehead atoms. The van der Waals surface area contributed by atoms with E-state index >= 15 is 0 Å². The van der Waals surface area contributed by atoms with Crippen molar-refractivity contribution in [2.24, 2.45) is 0 Å². The molecule has 0 saturated carbocycles. The first-order valence-electron chi connectivity index (χ1n) is 7.71. The summed E-state index contributed by atoms with van der Waals surface area (Å²) in [5, 5.41) is 3.62. The predicted molar refractivity (Wildman–Crippen MR) is 82.6 cm³/mol. The highest BCUT2D eigenvalue weighted by Gasteiger charge is 2.10. The van der Waals surface area contributed by atoms with Gasteiger partial charge in [-0.3, -0.25) is 0 Å². The molecule has 0 aliphatic heterocycles. The summed E-state index contributed by atoms with van der Waals surface area (Å²) in [6, 6.07) is 9.48. The van der Waals surface area contributed by atoms with Crippen molar-refractivity contribution < 1.29 is 4.74 Å². The highest BCUT2D eigenvalue weighted by molar-refractivity contribution is 5.25. The van der Waals surface area contributed by atoms with Crippen LogP contribution in [-0.2, 0) is 11.2 Å². The molecular weight excluding hydrogens is 234 g/mol. The molecule has 0 spiro atoms. The van der Waals surface area contributed by atoms with Gasteiger partial charge in [0.05, 0.1) is 0 Å². The fourth-order valence-corrected chi connectivity index (χ4v) is 2.26. The van der Waals surface area contributed by atoms with Gasteiger partial charge in [0.25, 0.3) is 0 Å². The number of aryl methyl sites for hydroxylation is 1. The zero-order chi connectivity index (χ0) is 13.9. The number of nitrogens with one attached hydrogen (secondary N) is 1. The van der Waals surface area contributed by atoms with E-state index in [2.05, 4.69) is 43.4 Å². The van der Waals surface area contributed by atoms with Gasteiger partial charge in [-0.05, 0) is 43.9 Å². The lowest BCUT2D eigenvalue weighted by atomic mass is 10.0. The van der Waals surface area contributed by atoms with Crippen LogP contribution in [0.2, 0.25) is 0 Å². The average Bonchev–Trinajstić information content (AvgIpc) is 2.44. The van der Waals surface area contributed by atoms with Crippen LogP contribution in [0.1, 0.15) is 57.2 Å². The molecule has 108 valence electrons. The second-order valence-corrected chi connectivity index (χ2v) is 4.98. The molecule has 0 aromatic heterocycles. The highest BCUT2D eigenvalue weighted by Crippen LogP contribution is 2.18. The summed E-state index contributed by atoms with van der Waals surface area (Å²) in [7, 11) is 0. The molecule has 1 atom stereocenters. The molecule has 0 saturated heterocycles. The molecule has 2 heteroatoms. The first-order chi connectivity index (χ1) is 9.31. The predicted octanol–water partition coefficient (Wildman–Crippen LogP) is 4.11. The third-order valence-electron chi connectivity index (χ3n) is 3.32. The second-order valence-electron chi connectivity index (χ2n) is 4.98. The van der Waals surface area contributed by atoms with Crippen LogP contribution >= 0.6 is 0 Å². The Hall–Kier alpha value is -0.860. The van der Waals surface area contributed by atoms with Gasteiger partial charge in [-0.25, -0.2) is 0 Å². The van der Waals surface area contributed by atoms with Gasteiger partial charge in [-0.1, -0.05) is 44.5 Å². The fourth-order valence-electron chi connectivity index (χ4n) is 2.26. The van der Waals surface area contributed by atoms with Crippen molar-refractivity contribution in [2.45, 2.75) is 52.5 Å². The third kappa shape index (κ3) is 6.22. The molecular formula is C17H29NO. The maximum absolute atomic E-state index is 5.49. The van der Waals surface area contributed by atoms with Crippen LogP contribution in [-0.4, -0.2) is 19.8 Å². The van der Waals surface area contributed by atoms with Crippen molar-refractivity contribution in [1.29, 1.82) is 0 Å². The van der Waals surface area contributed by atoms with Crippen LogP contribution in [0.5, 0.6) is 0 Å².